The second-order valence-corrected chi connectivity index (χ2v) is 6.81. The summed E-state index contributed by atoms with van der Waals surface area (Å²) in [4.78, 5) is 20.3. The number of amides is 1. The zero-order valence-corrected chi connectivity index (χ0v) is 14.3. The lowest BCUT2D eigenvalue weighted by Crippen LogP contribution is -2.39. The fourth-order valence-corrected chi connectivity index (χ4v) is 3.62. The standard InChI is InChI=1S/C18H24N4O2/c1-21(2)18(23)16-5-4-15(24-16)14-7-9-22(10-8-14)17-6-3-13(11-19)12-20-17/h3,6,12,14-16H,4-5,7-10H2,1-2H3/t15-,16+/m0/s1. The maximum Gasteiger partial charge on any atom is 0.251 e. The van der Waals surface area contributed by atoms with Crippen LogP contribution in [-0.2, 0) is 9.53 Å². The number of nitrogens with zero attached hydrogens (tertiary/aromatic N) is 4. The molecule has 2 atom stereocenters. The highest BCUT2D eigenvalue weighted by molar-refractivity contribution is 5.80. The highest BCUT2D eigenvalue weighted by Gasteiger charge is 2.37. The summed E-state index contributed by atoms with van der Waals surface area (Å²) in [6.45, 7) is 1.88. The van der Waals surface area contributed by atoms with Gasteiger partial charge < -0.3 is 14.5 Å². The normalized spacial score (nSPS) is 24.6. The smallest absolute Gasteiger partial charge is 0.251 e. The summed E-state index contributed by atoms with van der Waals surface area (Å²) in [5.74, 6) is 1.52. The number of carbonyl (C=O) groups excluding carboxylic acids is 1. The first-order valence-corrected chi connectivity index (χ1v) is 8.56. The van der Waals surface area contributed by atoms with Crippen molar-refractivity contribution in [3.63, 3.8) is 0 Å². The molecule has 1 aromatic rings. The van der Waals surface area contributed by atoms with Crippen molar-refractivity contribution in [3.8, 4) is 6.07 Å². The summed E-state index contributed by atoms with van der Waals surface area (Å²) >= 11 is 0. The van der Waals surface area contributed by atoms with Gasteiger partial charge in [-0.1, -0.05) is 0 Å². The molecule has 1 amide bonds. The van der Waals surface area contributed by atoms with E-state index in [4.69, 9.17) is 10.00 Å². The summed E-state index contributed by atoms with van der Waals surface area (Å²) in [5.41, 5.74) is 0.588. The van der Waals surface area contributed by atoms with E-state index in [0.717, 1.165) is 44.6 Å². The zero-order valence-electron chi connectivity index (χ0n) is 14.3. The third kappa shape index (κ3) is 3.51. The molecular weight excluding hydrogens is 304 g/mol. The van der Waals surface area contributed by atoms with Crippen molar-refractivity contribution in [2.75, 3.05) is 32.1 Å². The number of ether oxygens (including phenoxy) is 1. The van der Waals surface area contributed by atoms with Crippen molar-refractivity contribution in [2.24, 2.45) is 5.92 Å². The summed E-state index contributed by atoms with van der Waals surface area (Å²) in [6.07, 6.45) is 5.48. The molecule has 6 nitrogen and oxygen atoms in total. The molecule has 3 rings (SSSR count). The van der Waals surface area contributed by atoms with E-state index in [1.54, 1.807) is 25.2 Å². The maximum atomic E-state index is 12.0. The summed E-state index contributed by atoms with van der Waals surface area (Å²) in [5, 5.41) is 8.84. The minimum Gasteiger partial charge on any atom is -0.365 e. The predicted octanol–water partition coefficient (Wildman–Crippen LogP) is 1.81. The number of rotatable bonds is 3. The highest BCUT2D eigenvalue weighted by Crippen LogP contribution is 2.33. The SMILES string of the molecule is CN(C)C(=O)[C@H]1CC[C@@H](C2CCN(c3ccc(C#N)cn3)CC2)O1. The van der Waals surface area contributed by atoms with Crippen molar-refractivity contribution in [2.45, 2.75) is 37.9 Å². The van der Waals surface area contributed by atoms with Gasteiger partial charge in [-0.15, -0.1) is 0 Å². The average molecular weight is 328 g/mol. The number of nitriles is 1. The van der Waals surface area contributed by atoms with Crippen LogP contribution in [0.3, 0.4) is 0 Å². The molecule has 0 spiro atoms. The Morgan fingerprint density at radius 1 is 1.29 bits per heavy atom. The third-order valence-electron chi connectivity index (χ3n) is 5.04. The van der Waals surface area contributed by atoms with Crippen molar-refractivity contribution < 1.29 is 9.53 Å². The number of hydrogen-bond donors (Lipinski definition) is 0. The van der Waals surface area contributed by atoms with Gasteiger partial charge in [-0.25, -0.2) is 4.98 Å². The topological polar surface area (TPSA) is 69.5 Å². The number of piperidine rings is 1. The Morgan fingerprint density at radius 2 is 2.04 bits per heavy atom. The van der Waals surface area contributed by atoms with Crippen LogP contribution in [-0.4, -0.2) is 55.2 Å². The Hall–Kier alpha value is -2.13. The van der Waals surface area contributed by atoms with Gasteiger partial charge in [-0.05, 0) is 43.7 Å². The van der Waals surface area contributed by atoms with Crippen molar-refractivity contribution in [1.29, 1.82) is 5.26 Å². The molecule has 2 aliphatic heterocycles. The van der Waals surface area contributed by atoms with E-state index in [2.05, 4.69) is 16.0 Å². The van der Waals surface area contributed by atoms with E-state index in [-0.39, 0.29) is 18.1 Å². The minimum absolute atomic E-state index is 0.0803. The van der Waals surface area contributed by atoms with Crippen LogP contribution in [0, 0.1) is 17.2 Å². The van der Waals surface area contributed by atoms with Gasteiger partial charge >= 0.3 is 0 Å². The summed E-state index contributed by atoms with van der Waals surface area (Å²) < 4.78 is 6.03. The Labute approximate surface area is 143 Å². The number of likely N-dealkylation sites (N-methyl/N-ethyl adjacent to an activating group) is 1. The van der Waals surface area contributed by atoms with Crippen LogP contribution in [0.2, 0.25) is 0 Å². The Morgan fingerprint density at radius 3 is 2.62 bits per heavy atom. The number of carbonyl (C=O) groups is 1. The van der Waals surface area contributed by atoms with Crippen LogP contribution in [0.25, 0.3) is 0 Å². The largest absolute Gasteiger partial charge is 0.365 e. The van der Waals surface area contributed by atoms with E-state index < -0.39 is 0 Å². The first kappa shape index (κ1) is 16.7. The lowest BCUT2D eigenvalue weighted by atomic mass is 9.89. The lowest BCUT2D eigenvalue weighted by Gasteiger charge is -2.35. The van der Waals surface area contributed by atoms with Crippen molar-refractivity contribution >= 4 is 11.7 Å². The van der Waals surface area contributed by atoms with Gasteiger partial charge in [0, 0.05) is 33.4 Å². The molecule has 0 radical (unpaired) electrons. The van der Waals surface area contributed by atoms with E-state index >= 15 is 0 Å². The molecule has 0 bridgehead atoms. The molecule has 2 aliphatic rings. The maximum absolute atomic E-state index is 12.0. The average Bonchev–Trinajstić information content (AvgIpc) is 3.11. The Kier molecular flexibility index (Phi) is 5.00. The highest BCUT2D eigenvalue weighted by atomic mass is 16.5. The van der Waals surface area contributed by atoms with Gasteiger partial charge in [-0.2, -0.15) is 5.26 Å². The number of anilines is 1. The number of aromatic nitrogens is 1. The predicted molar refractivity (Wildman–Crippen MR) is 90.5 cm³/mol. The molecule has 2 fully saturated rings. The fraction of sp³-hybridized carbons (Fsp3) is 0.611. The van der Waals surface area contributed by atoms with Crippen LogP contribution in [0.15, 0.2) is 18.3 Å². The summed E-state index contributed by atoms with van der Waals surface area (Å²) in [7, 11) is 3.56. The first-order valence-electron chi connectivity index (χ1n) is 8.56. The fourth-order valence-electron chi connectivity index (χ4n) is 3.62. The second kappa shape index (κ2) is 7.18. The molecule has 2 saturated heterocycles. The van der Waals surface area contributed by atoms with Crippen LogP contribution in [0.4, 0.5) is 5.82 Å². The minimum atomic E-state index is -0.261. The first-order chi connectivity index (χ1) is 11.6. The zero-order chi connectivity index (χ0) is 17.1. The Balaban J connectivity index is 1.52. The van der Waals surface area contributed by atoms with Gasteiger partial charge in [0.2, 0.25) is 0 Å². The molecule has 0 aliphatic carbocycles. The van der Waals surface area contributed by atoms with Gasteiger partial charge in [0.1, 0.15) is 18.0 Å². The molecule has 0 N–H and O–H groups in total. The molecule has 128 valence electrons. The molecular formula is C18H24N4O2. The molecule has 0 aromatic carbocycles. The quantitative estimate of drug-likeness (QED) is 0.846. The lowest BCUT2D eigenvalue weighted by molar-refractivity contribution is -0.141. The van der Waals surface area contributed by atoms with Gasteiger partial charge in [0.05, 0.1) is 11.7 Å². The molecule has 0 saturated carbocycles. The van der Waals surface area contributed by atoms with Gasteiger partial charge in [0.15, 0.2) is 0 Å². The van der Waals surface area contributed by atoms with Crippen LogP contribution in [0.5, 0.6) is 0 Å². The Bertz CT molecular complexity index is 615. The van der Waals surface area contributed by atoms with E-state index in [9.17, 15) is 4.79 Å². The molecule has 6 heteroatoms. The molecule has 3 heterocycles. The van der Waals surface area contributed by atoms with E-state index in [1.165, 1.54) is 0 Å². The van der Waals surface area contributed by atoms with Gasteiger partial charge in [-0.3, -0.25) is 4.79 Å². The van der Waals surface area contributed by atoms with Crippen molar-refractivity contribution in [1.82, 2.24) is 9.88 Å². The van der Waals surface area contributed by atoms with Crippen LogP contribution >= 0.6 is 0 Å². The van der Waals surface area contributed by atoms with Gasteiger partial charge in [0.25, 0.3) is 5.91 Å². The third-order valence-corrected chi connectivity index (χ3v) is 5.04. The second-order valence-electron chi connectivity index (χ2n) is 6.81. The molecule has 0 unspecified atom stereocenters. The van der Waals surface area contributed by atoms with Crippen LogP contribution in [0.1, 0.15) is 31.2 Å². The van der Waals surface area contributed by atoms with Crippen LogP contribution < -0.4 is 4.90 Å². The molecule has 24 heavy (non-hydrogen) atoms. The van der Waals surface area contributed by atoms with E-state index in [0.29, 0.717) is 11.5 Å². The van der Waals surface area contributed by atoms with E-state index in [1.807, 2.05) is 12.1 Å². The monoisotopic (exact) mass is 328 g/mol. The number of pyridine rings is 1. The van der Waals surface area contributed by atoms with Crippen molar-refractivity contribution in [3.05, 3.63) is 23.9 Å². The number of hydrogen-bond acceptors (Lipinski definition) is 5. The summed E-state index contributed by atoms with van der Waals surface area (Å²) in [6, 6.07) is 5.82. The molecule has 1 aromatic heterocycles.